The highest BCUT2D eigenvalue weighted by Gasteiger charge is 2.42. The number of fused-ring (bicyclic) bond motifs is 1. The standard InChI is InChI=1S/C34H43F3N8O4/c1-20-23(17-43(20)32(46)49-33(3,4)5)16-42-11-9-25(10-12-42)45-21(2)29(40-41-45)22-13-26-30(44(19-39-26)31(36)37)27(14-22)48-18-34(6,47)28-8-7-24(35)15-38-28/h7-8,13-15,19-20,23,25,31,47H,9-12,16-18H2,1-6H3. The molecule has 0 spiro atoms. The molecule has 49 heavy (non-hydrogen) atoms. The van der Waals surface area contributed by atoms with Crippen molar-refractivity contribution in [3.63, 3.8) is 0 Å². The van der Waals surface area contributed by atoms with Crippen molar-refractivity contribution in [1.82, 2.24) is 39.3 Å². The van der Waals surface area contributed by atoms with Crippen molar-refractivity contribution >= 4 is 17.1 Å². The number of ether oxygens (including phenoxy) is 2. The number of likely N-dealkylation sites (tertiary alicyclic amines) is 2. The molecule has 0 aliphatic carbocycles. The average molecular weight is 685 g/mol. The molecule has 2 fully saturated rings. The number of hydrogen-bond acceptors (Lipinski definition) is 9. The molecule has 3 aromatic heterocycles. The van der Waals surface area contributed by atoms with Crippen LogP contribution in [0.1, 0.15) is 71.4 Å². The molecule has 1 N–H and O–H groups in total. The first-order valence-electron chi connectivity index (χ1n) is 16.5. The molecule has 12 nitrogen and oxygen atoms in total. The number of carbonyl (C=O) groups excluding carboxylic acids is 1. The van der Waals surface area contributed by atoms with Crippen LogP contribution in [0.2, 0.25) is 0 Å². The van der Waals surface area contributed by atoms with Gasteiger partial charge >= 0.3 is 12.6 Å². The summed E-state index contributed by atoms with van der Waals surface area (Å²) in [5.74, 6) is -0.0918. The molecule has 1 amide bonds. The maximum absolute atomic E-state index is 13.9. The molecule has 0 bridgehead atoms. The Morgan fingerprint density at radius 1 is 1.12 bits per heavy atom. The molecule has 1 aromatic carbocycles. The Kier molecular flexibility index (Phi) is 9.35. The summed E-state index contributed by atoms with van der Waals surface area (Å²) in [6.07, 6.45) is 3.52. The van der Waals surface area contributed by atoms with Gasteiger partial charge in [-0.3, -0.25) is 9.55 Å². The van der Waals surface area contributed by atoms with Gasteiger partial charge in [0.1, 0.15) is 46.9 Å². The zero-order valence-electron chi connectivity index (χ0n) is 28.6. The number of benzene rings is 1. The summed E-state index contributed by atoms with van der Waals surface area (Å²) in [4.78, 5) is 24.9. The van der Waals surface area contributed by atoms with E-state index in [4.69, 9.17) is 9.47 Å². The summed E-state index contributed by atoms with van der Waals surface area (Å²) < 4.78 is 55.5. The molecule has 4 aromatic rings. The Morgan fingerprint density at radius 2 is 1.86 bits per heavy atom. The topological polar surface area (TPSA) is 124 Å². The number of piperidine rings is 1. The third-order valence-electron chi connectivity index (χ3n) is 9.46. The molecular formula is C34H43F3N8O4. The summed E-state index contributed by atoms with van der Waals surface area (Å²) in [7, 11) is 0. The average Bonchev–Trinajstić information content (AvgIpc) is 3.65. The van der Waals surface area contributed by atoms with Gasteiger partial charge in [-0.2, -0.15) is 8.78 Å². The second kappa shape index (κ2) is 13.2. The first-order chi connectivity index (χ1) is 23.1. The van der Waals surface area contributed by atoms with E-state index < -0.39 is 23.6 Å². The van der Waals surface area contributed by atoms with Crippen molar-refractivity contribution in [1.29, 1.82) is 0 Å². The lowest BCUT2D eigenvalue weighted by atomic mass is 9.89. The van der Waals surface area contributed by atoms with Gasteiger partial charge in [-0.25, -0.2) is 18.9 Å². The summed E-state index contributed by atoms with van der Waals surface area (Å²) >= 11 is 0. The molecule has 3 atom stereocenters. The van der Waals surface area contributed by atoms with E-state index in [2.05, 4.69) is 32.1 Å². The summed E-state index contributed by atoms with van der Waals surface area (Å²) in [6.45, 7) is 11.2. The summed E-state index contributed by atoms with van der Waals surface area (Å²) in [5, 5.41) is 20.0. The van der Waals surface area contributed by atoms with Crippen LogP contribution in [-0.4, -0.2) is 95.0 Å². The largest absolute Gasteiger partial charge is 0.488 e. The molecule has 264 valence electrons. The second-order valence-corrected chi connectivity index (χ2v) is 14.3. The van der Waals surface area contributed by atoms with Crippen LogP contribution in [0.5, 0.6) is 5.75 Å². The van der Waals surface area contributed by atoms with Gasteiger partial charge in [0.15, 0.2) is 0 Å². The Balaban J connectivity index is 1.14. The Bertz CT molecular complexity index is 1800. The molecule has 2 aliphatic rings. The fourth-order valence-electron chi connectivity index (χ4n) is 6.61. The highest BCUT2D eigenvalue weighted by Crippen LogP contribution is 2.37. The number of hydrogen-bond donors (Lipinski definition) is 1. The summed E-state index contributed by atoms with van der Waals surface area (Å²) in [5.41, 5.74) is 0.302. The van der Waals surface area contributed by atoms with E-state index in [9.17, 15) is 23.1 Å². The number of carbonyl (C=O) groups is 1. The van der Waals surface area contributed by atoms with Crippen molar-refractivity contribution in [3.8, 4) is 17.0 Å². The molecule has 5 heterocycles. The Labute approximate surface area is 282 Å². The Hall–Kier alpha value is -4.24. The highest BCUT2D eigenvalue weighted by atomic mass is 19.3. The molecule has 0 saturated carbocycles. The van der Waals surface area contributed by atoms with Crippen molar-refractivity contribution < 1.29 is 32.5 Å². The van der Waals surface area contributed by atoms with E-state index in [1.165, 1.54) is 19.1 Å². The maximum atomic E-state index is 13.9. The third-order valence-corrected chi connectivity index (χ3v) is 9.46. The normalized spacial score (nSPS) is 20.4. The number of rotatable bonds is 9. The fourth-order valence-corrected chi connectivity index (χ4v) is 6.61. The number of aromatic nitrogens is 6. The SMILES string of the molecule is Cc1c(-c2cc(OCC(C)(O)c3ccc(F)cn3)c3c(c2)ncn3C(F)F)nnn1C1CCN(CC2CN(C(=O)OC(C)(C)C)C2C)CC1. The number of imidazole rings is 1. The molecule has 3 unspecified atom stereocenters. The van der Waals surface area contributed by atoms with Crippen LogP contribution in [0.3, 0.4) is 0 Å². The lowest BCUT2D eigenvalue weighted by molar-refractivity contribution is -0.0343. The zero-order valence-corrected chi connectivity index (χ0v) is 28.6. The predicted molar refractivity (Wildman–Crippen MR) is 175 cm³/mol. The molecule has 2 saturated heterocycles. The number of aliphatic hydroxyl groups is 1. The number of halogens is 3. The smallest absolute Gasteiger partial charge is 0.410 e. The fraction of sp³-hybridized carbons (Fsp3) is 0.559. The van der Waals surface area contributed by atoms with Crippen molar-refractivity contribution in [3.05, 3.63) is 54.0 Å². The molecule has 6 rings (SSSR count). The lowest BCUT2D eigenvalue weighted by Crippen LogP contribution is -2.61. The number of amides is 1. The van der Waals surface area contributed by atoms with Gasteiger partial charge < -0.3 is 24.4 Å². The van der Waals surface area contributed by atoms with Crippen LogP contribution >= 0.6 is 0 Å². The minimum Gasteiger partial charge on any atom is -0.488 e. The first kappa shape index (κ1) is 34.6. The zero-order chi connectivity index (χ0) is 35.2. The first-order valence-corrected chi connectivity index (χ1v) is 16.5. The van der Waals surface area contributed by atoms with Crippen LogP contribution in [0.25, 0.3) is 22.3 Å². The second-order valence-electron chi connectivity index (χ2n) is 14.3. The maximum Gasteiger partial charge on any atom is 0.410 e. The predicted octanol–water partition coefficient (Wildman–Crippen LogP) is 5.71. The van der Waals surface area contributed by atoms with Crippen LogP contribution in [0, 0.1) is 18.7 Å². The van der Waals surface area contributed by atoms with Gasteiger partial charge in [0.2, 0.25) is 0 Å². The van der Waals surface area contributed by atoms with Crippen LogP contribution in [0.15, 0.2) is 36.8 Å². The van der Waals surface area contributed by atoms with Gasteiger partial charge in [-0.15, -0.1) is 5.10 Å². The van der Waals surface area contributed by atoms with E-state index in [1.54, 1.807) is 17.0 Å². The van der Waals surface area contributed by atoms with E-state index in [1.807, 2.05) is 32.4 Å². The Morgan fingerprint density at radius 3 is 2.49 bits per heavy atom. The number of nitrogens with zero attached hydrogens (tertiary/aromatic N) is 8. The van der Waals surface area contributed by atoms with Crippen LogP contribution in [-0.2, 0) is 10.3 Å². The molecule has 0 radical (unpaired) electrons. The van der Waals surface area contributed by atoms with Gasteiger partial charge in [0.05, 0.1) is 29.1 Å². The molecule has 15 heteroatoms. The van der Waals surface area contributed by atoms with E-state index in [0.717, 1.165) is 50.7 Å². The molecule has 2 aliphatic heterocycles. The van der Waals surface area contributed by atoms with Gasteiger partial charge in [0.25, 0.3) is 0 Å². The molecular weight excluding hydrogens is 641 g/mol. The van der Waals surface area contributed by atoms with Crippen molar-refractivity contribution in [2.24, 2.45) is 5.92 Å². The van der Waals surface area contributed by atoms with Crippen LogP contribution < -0.4 is 4.74 Å². The quantitative estimate of drug-likeness (QED) is 0.236. The summed E-state index contributed by atoms with van der Waals surface area (Å²) in [6, 6.07) is 6.04. The number of alkyl halides is 2. The van der Waals surface area contributed by atoms with Gasteiger partial charge in [0, 0.05) is 43.7 Å². The van der Waals surface area contributed by atoms with E-state index in [-0.39, 0.29) is 47.3 Å². The number of pyridine rings is 1. The highest BCUT2D eigenvalue weighted by molar-refractivity contribution is 5.87. The van der Waals surface area contributed by atoms with Crippen molar-refractivity contribution in [2.75, 3.05) is 32.8 Å². The van der Waals surface area contributed by atoms with E-state index in [0.29, 0.717) is 28.3 Å². The monoisotopic (exact) mass is 684 g/mol. The van der Waals surface area contributed by atoms with Crippen LogP contribution in [0.4, 0.5) is 18.0 Å². The van der Waals surface area contributed by atoms with Gasteiger partial charge in [-0.05, 0) is 78.6 Å². The lowest BCUT2D eigenvalue weighted by Gasteiger charge is -2.48. The van der Waals surface area contributed by atoms with E-state index >= 15 is 0 Å². The van der Waals surface area contributed by atoms with Gasteiger partial charge in [-0.1, -0.05) is 5.21 Å². The third kappa shape index (κ3) is 7.23. The van der Waals surface area contributed by atoms with Crippen molar-refractivity contribution in [2.45, 2.75) is 84.2 Å². The minimum atomic E-state index is -2.87. The minimum absolute atomic E-state index is 0.0639.